The highest BCUT2D eigenvalue weighted by molar-refractivity contribution is 7.98. The first kappa shape index (κ1) is 17.7. The van der Waals surface area contributed by atoms with Crippen LogP contribution in [-0.2, 0) is 11.5 Å². The second-order valence-corrected chi connectivity index (χ2v) is 7.56. The summed E-state index contributed by atoms with van der Waals surface area (Å²) in [4.78, 5) is 21.7. The third-order valence-corrected chi connectivity index (χ3v) is 5.75. The molecule has 0 aliphatic carbocycles. The summed E-state index contributed by atoms with van der Waals surface area (Å²) in [6, 6.07) is 15.1. The first-order valence-corrected chi connectivity index (χ1v) is 10.2. The monoisotopic (exact) mass is 403 g/mol. The molecule has 3 heterocycles. The number of methoxy groups -OCH3 is 1. The van der Waals surface area contributed by atoms with Gasteiger partial charge in [-0.15, -0.1) is 0 Å². The van der Waals surface area contributed by atoms with Gasteiger partial charge >= 0.3 is 0 Å². The van der Waals surface area contributed by atoms with Crippen LogP contribution in [0.1, 0.15) is 21.7 Å². The Labute approximate surface area is 171 Å². The van der Waals surface area contributed by atoms with E-state index in [-0.39, 0.29) is 11.6 Å². The number of hydrogen-bond acceptors (Lipinski definition) is 6. The van der Waals surface area contributed by atoms with Crippen LogP contribution in [0.15, 0.2) is 54.7 Å². The number of benzene rings is 2. The Bertz CT molecular complexity index is 1220. The molecule has 0 fully saturated rings. The van der Waals surface area contributed by atoms with Gasteiger partial charge in [-0.05, 0) is 36.4 Å². The summed E-state index contributed by atoms with van der Waals surface area (Å²) >= 11 is 1.78. The van der Waals surface area contributed by atoms with Crippen molar-refractivity contribution in [2.45, 2.75) is 11.5 Å². The van der Waals surface area contributed by atoms with E-state index in [1.54, 1.807) is 23.6 Å². The van der Waals surface area contributed by atoms with Crippen LogP contribution in [0.4, 0.5) is 5.82 Å². The molecule has 0 atom stereocenters. The van der Waals surface area contributed by atoms with Crippen LogP contribution in [0.25, 0.3) is 16.7 Å². The molecule has 0 unspecified atom stereocenters. The van der Waals surface area contributed by atoms with E-state index >= 15 is 0 Å². The summed E-state index contributed by atoms with van der Waals surface area (Å²) in [5.41, 5.74) is 4.60. The van der Waals surface area contributed by atoms with Gasteiger partial charge in [0.25, 0.3) is 5.91 Å². The molecule has 1 amide bonds. The molecule has 1 N–H and O–H groups in total. The number of amides is 1. The number of ether oxygens (including phenoxy) is 1. The number of anilines is 1. The van der Waals surface area contributed by atoms with E-state index in [9.17, 15) is 4.79 Å². The average Bonchev–Trinajstić information content (AvgIpc) is 3.36. The molecule has 5 rings (SSSR count). The molecule has 7 nitrogen and oxygen atoms in total. The number of fused-ring (bicyclic) bond motifs is 2. The van der Waals surface area contributed by atoms with Gasteiger partial charge in [0.05, 0.1) is 35.7 Å². The molecule has 0 bridgehead atoms. The molecule has 2 aromatic carbocycles. The Kier molecular flexibility index (Phi) is 4.40. The van der Waals surface area contributed by atoms with Crippen molar-refractivity contribution in [3.05, 3.63) is 71.7 Å². The lowest BCUT2D eigenvalue weighted by atomic mass is 10.2. The van der Waals surface area contributed by atoms with Gasteiger partial charge in [-0.3, -0.25) is 9.78 Å². The molecule has 0 spiro atoms. The fourth-order valence-corrected chi connectivity index (χ4v) is 4.32. The van der Waals surface area contributed by atoms with Crippen molar-refractivity contribution < 1.29 is 9.53 Å². The van der Waals surface area contributed by atoms with Crippen LogP contribution >= 0.6 is 11.8 Å². The Morgan fingerprint density at radius 2 is 1.90 bits per heavy atom. The minimum atomic E-state index is -0.308. The normalized spacial score (nSPS) is 12.7. The summed E-state index contributed by atoms with van der Waals surface area (Å²) in [6.07, 6.45) is 1.50. The number of carbonyl (C=O) groups is 1. The predicted octanol–water partition coefficient (Wildman–Crippen LogP) is 3.82. The smallest absolute Gasteiger partial charge is 0.277 e. The lowest BCUT2D eigenvalue weighted by Gasteiger charge is -2.11. The maximum Gasteiger partial charge on any atom is 0.277 e. The minimum absolute atomic E-state index is 0.269. The molecule has 1 aliphatic rings. The lowest BCUT2D eigenvalue weighted by molar-refractivity contribution is 0.102. The Balaban J connectivity index is 1.51. The van der Waals surface area contributed by atoms with Gasteiger partial charge in [-0.2, -0.15) is 16.9 Å². The van der Waals surface area contributed by atoms with Crippen molar-refractivity contribution in [1.82, 2.24) is 19.7 Å². The molecule has 29 heavy (non-hydrogen) atoms. The van der Waals surface area contributed by atoms with Crippen molar-refractivity contribution in [2.24, 2.45) is 0 Å². The van der Waals surface area contributed by atoms with Crippen LogP contribution in [0.5, 0.6) is 5.75 Å². The highest BCUT2D eigenvalue weighted by atomic mass is 32.2. The number of carbonyl (C=O) groups excluding carboxylic acids is 1. The number of nitrogens with zero attached hydrogens (tertiary/aromatic N) is 4. The van der Waals surface area contributed by atoms with Gasteiger partial charge in [0.1, 0.15) is 17.3 Å². The molecule has 2 aromatic heterocycles. The number of nitrogens with one attached hydrogen (secondary N) is 1. The van der Waals surface area contributed by atoms with Crippen LogP contribution in [0.3, 0.4) is 0 Å². The summed E-state index contributed by atoms with van der Waals surface area (Å²) in [7, 11) is 1.63. The summed E-state index contributed by atoms with van der Waals surface area (Å²) in [5.74, 6) is 2.77. The predicted molar refractivity (Wildman–Crippen MR) is 113 cm³/mol. The molecule has 8 heteroatoms. The third-order valence-electron chi connectivity index (χ3n) is 4.78. The van der Waals surface area contributed by atoms with Crippen molar-refractivity contribution in [2.75, 3.05) is 12.4 Å². The van der Waals surface area contributed by atoms with Crippen LogP contribution < -0.4 is 10.1 Å². The summed E-state index contributed by atoms with van der Waals surface area (Å²) < 4.78 is 7.01. The fourth-order valence-electron chi connectivity index (χ4n) is 3.29. The number of hydrogen-bond donors (Lipinski definition) is 1. The van der Waals surface area contributed by atoms with E-state index in [0.717, 1.165) is 39.7 Å². The van der Waals surface area contributed by atoms with E-state index in [4.69, 9.17) is 9.84 Å². The van der Waals surface area contributed by atoms with Gasteiger partial charge in [0.2, 0.25) is 0 Å². The molecular weight excluding hydrogens is 386 g/mol. The Morgan fingerprint density at radius 3 is 2.69 bits per heavy atom. The van der Waals surface area contributed by atoms with E-state index in [1.165, 1.54) is 6.20 Å². The number of aromatic nitrogens is 4. The third kappa shape index (κ3) is 3.21. The maximum atomic E-state index is 13.0. The van der Waals surface area contributed by atoms with E-state index in [2.05, 4.69) is 15.3 Å². The first-order chi connectivity index (χ1) is 14.2. The SMILES string of the molecule is COc1ccc(-n2nc3c(c2NC(=O)c2cnc4ccccc4n2)CSC3)cc1. The van der Waals surface area contributed by atoms with Crippen LogP contribution in [0.2, 0.25) is 0 Å². The second-order valence-electron chi connectivity index (χ2n) is 6.57. The zero-order valence-corrected chi connectivity index (χ0v) is 16.4. The molecule has 1 aliphatic heterocycles. The van der Waals surface area contributed by atoms with Crippen LogP contribution in [-0.4, -0.2) is 32.8 Å². The van der Waals surface area contributed by atoms with Crippen molar-refractivity contribution in [3.63, 3.8) is 0 Å². The minimum Gasteiger partial charge on any atom is -0.497 e. The zero-order chi connectivity index (χ0) is 19.8. The van der Waals surface area contributed by atoms with Gasteiger partial charge in [-0.1, -0.05) is 12.1 Å². The summed E-state index contributed by atoms with van der Waals surface area (Å²) in [5, 5.41) is 7.73. The molecule has 144 valence electrons. The topological polar surface area (TPSA) is 81.9 Å². The highest BCUT2D eigenvalue weighted by Crippen LogP contribution is 2.36. The van der Waals surface area contributed by atoms with Crippen molar-refractivity contribution in [1.29, 1.82) is 0 Å². The molecule has 0 radical (unpaired) electrons. The fraction of sp³-hybridized carbons (Fsp3) is 0.143. The van der Waals surface area contributed by atoms with Crippen molar-refractivity contribution in [3.8, 4) is 11.4 Å². The van der Waals surface area contributed by atoms with Gasteiger partial charge < -0.3 is 10.1 Å². The Hall–Kier alpha value is -3.39. The van der Waals surface area contributed by atoms with E-state index < -0.39 is 0 Å². The molecule has 4 aromatic rings. The number of para-hydroxylation sites is 2. The van der Waals surface area contributed by atoms with E-state index in [1.807, 2.05) is 48.5 Å². The first-order valence-electron chi connectivity index (χ1n) is 9.09. The van der Waals surface area contributed by atoms with Gasteiger partial charge in [-0.25, -0.2) is 9.67 Å². The second kappa shape index (κ2) is 7.21. The average molecular weight is 403 g/mol. The quantitative estimate of drug-likeness (QED) is 0.558. The lowest BCUT2D eigenvalue weighted by Crippen LogP contribution is -2.17. The maximum absolute atomic E-state index is 13.0. The highest BCUT2D eigenvalue weighted by Gasteiger charge is 2.25. The molecule has 0 saturated carbocycles. The largest absolute Gasteiger partial charge is 0.497 e. The number of thioether (sulfide) groups is 1. The van der Waals surface area contributed by atoms with Gasteiger partial charge in [0, 0.05) is 17.1 Å². The van der Waals surface area contributed by atoms with E-state index in [0.29, 0.717) is 11.3 Å². The number of rotatable bonds is 4. The van der Waals surface area contributed by atoms with Gasteiger partial charge in [0.15, 0.2) is 0 Å². The summed E-state index contributed by atoms with van der Waals surface area (Å²) in [6.45, 7) is 0. The Morgan fingerprint density at radius 1 is 1.10 bits per heavy atom. The molecular formula is C21H17N5O2S. The standard InChI is InChI=1S/C21H17N5O2S/c1-28-14-8-6-13(7-9-14)26-20(15-11-29-12-19(15)25-26)24-21(27)18-10-22-16-4-2-3-5-17(16)23-18/h2-10H,11-12H2,1H3,(H,24,27). The van der Waals surface area contributed by atoms with Crippen LogP contribution in [0, 0.1) is 0 Å². The van der Waals surface area contributed by atoms with Crippen molar-refractivity contribution >= 4 is 34.5 Å². The zero-order valence-electron chi connectivity index (χ0n) is 15.6. The molecule has 0 saturated heterocycles.